The fraction of sp³-hybridized carbons (Fsp3) is 0.478. The Morgan fingerprint density at radius 1 is 1.00 bits per heavy atom. The van der Waals surface area contributed by atoms with Crippen LogP contribution >= 0.6 is 0 Å². The number of rotatable bonds is 5. The molecule has 29 heavy (non-hydrogen) atoms. The van der Waals surface area contributed by atoms with E-state index < -0.39 is 0 Å². The number of carbonyl (C=O) groups excluding carboxylic acids is 1. The maximum atomic E-state index is 12.5. The smallest absolute Gasteiger partial charge is 0.270 e. The van der Waals surface area contributed by atoms with Gasteiger partial charge in [-0.25, -0.2) is 4.98 Å². The van der Waals surface area contributed by atoms with Gasteiger partial charge in [0.1, 0.15) is 5.69 Å². The highest BCUT2D eigenvalue weighted by Gasteiger charge is 2.17. The van der Waals surface area contributed by atoms with Crippen molar-refractivity contribution in [2.45, 2.75) is 44.6 Å². The number of benzene rings is 1. The van der Waals surface area contributed by atoms with Crippen molar-refractivity contribution in [1.82, 2.24) is 10.3 Å². The van der Waals surface area contributed by atoms with E-state index in [2.05, 4.69) is 38.7 Å². The first-order valence-electron chi connectivity index (χ1n) is 10.8. The molecule has 2 N–H and O–H groups in total. The van der Waals surface area contributed by atoms with Crippen molar-refractivity contribution in [3.05, 3.63) is 48.3 Å². The molecule has 6 nitrogen and oxygen atoms in total. The molecule has 2 heterocycles. The maximum Gasteiger partial charge on any atom is 0.270 e. The van der Waals surface area contributed by atoms with Gasteiger partial charge >= 0.3 is 0 Å². The van der Waals surface area contributed by atoms with E-state index in [0.29, 0.717) is 5.69 Å². The quantitative estimate of drug-likeness (QED) is 0.747. The second kappa shape index (κ2) is 9.74. The first-order valence-corrected chi connectivity index (χ1v) is 10.8. The minimum absolute atomic E-state index is 0.0721. The summed E-state index contributed by atoms with van der Waals surface area (Å²) in [4.78, 5) is 19.3. The summed E-state index contributed by atoms with van der Waals surface area (Å²) < 4.78 is 5.47. The van der Waals surface area contributed by atoms with Gasteiger partial charge < -0.3 is 20.3 Å². The summed E-state index contributed by atoms with van der Waals surface area (Å²) in [7, 11) is 0. The number of hydrogen-bond acceptors (Lipinski definition) is 5. The van der Waals surface area contributed by atoms with Crippen LogP contribution in [0.25, 0.3) is 0 Å². The standard InChI is InChI=1S/C23H30N4O2/c28-23(26-18-7-3-1-2-4-8-18)21-12-11-19(17-24-21)25-20-9-5-6-10-22(20)27-13-15-29-16-14-27/h5-6,9-12,17-18,25H,1-4,7-8,13-16H2,(H,26,28). The lowest BCUT2D eigenvalue weighted by Crippen LogP contribution is -2.36. The lowest BCUT2D eigenvalue weighted by molar-refractivity contribution is 0.0928. The first-order chi connectivity index (χ1) is 14.3. The van der Waals surface area contributed by atoms with Crippen LogP contribution in [0.2, 0.25) is 0 Å². The zero-order valence-electron chi connectivity index (χ0n) is 16.9. The zero-order valence-corrected chi connectivity index (χ0v) is 16.9. The van der Waals surface area contributed by atoms with Crippen LogP contribution < -0.4 is 15.5 Å². The molecule has 2 aliphatic rings. The molecule has 0 spiro atoms. The average molecular weight is 395 g/mol. The minimum atomic E-state index is -0.0721. The number of aromatic nitrogens is 1. The molecule has 0 unspecified atom stereocenters. The van der Waals surface area contributed by atoms with Crippen molar-refractivity contribution in [2.24, 2.45) is 0 Å². The number of para-hydroxylation sites is 2. The second-order valence-corrected chi connectivity index (χ2v) is 7.84. The SMILES string of the molecule is O=C(NC1CCCCCC1)c1ccc(Nc2ccccc2N2CCOCC2)cn1. The van der Waals surface area contributed by atoms with Gasteiger partial charge in [0.05, 0.1) is 36.5 Å². The number of anilines is 3. The molecule has 4 rings (SSSR count). The molecule has 2 aromatic rings. The van der Waals surface area contributed by atoms with Gasteiger partial charge in [0.2, 0.25) is 0 Å². The van der Waals surface area contributed by atoms with Crippen LogP contribution in [0.15, 0.2) is 42.6 Å². The van der Waals surface area contributed by atoms with E-state index in [1.165, 1.54) is 25.7 Å². The first kappa shape index (κ1) is 19.7. The summed E-state index contributed by atoms with van der Waals surface area (Å²) >= 11 is 0. The van der Waals surface area contributed by atoms with Gasteiger partial charge in [-0.2, -0.15) is 0 Å². The molecule has 154 valence electrons. The van der Waals surface area contributed by atoms with E-state index in [1.54, 1.807) is 12.3 Å². The molecule has 1 aromatic carbocycles. The third-order valence-corrected chi connectivity index (χ3v) is 5.72. The molecule has 1 aliphatic heterocycles. The molecule has 0 atom stereocenters. The number of carbonyl (C=O) groups is 1. The predicted molar refractivity (Wildman–Crippen MR) is 116 cm³/mol. The van der Waals surface area contributed by atoms with Crippen LogP contribution in [0, 0.1) is 0 Å². The highest BCUT2D eigenvalue weighted by atomic mass is 16.5. The van der Waals surface area contributed by atoms with Gasteiger partial charge in [0.15, 0.2) is 0 Å². The van der Waals surface area contributed by atoms with Gasteiger partial charge in [-0.05, 0) is 37.1 Å². The molecule has 1 aromatic heterocycles. The Labute approximate surface area is 172 Å². The number of nitrogens with one attached hydrogen (secondary N) is 2. The minimum Gasteiger partial charge on any atom is -0.378 e. The van der Waals surface area contributed by atoms with Gasteiger partial charge in [-0.1, -0.05) is 37.8 Å². The topological polar surface area (TPSA) is 66.5 Å². The third-order valence-electron chi connectivity index (χ3n) is 5.72. The maximum absolute atomic E-state index is 12.5. The number of amides is 1. The highest BCUT2D eigenvalue weighted by molar-refractivity contribution is 5.92. The summed E-state index contributed by atoms with van der Waals surface area (Å²) in [5.41, 5.74) is 3.54. The van der Waals surface area contributed by atoms with Crippen LogP contribution in [0.5, 0.6) is 0 Å². The Kier molecular flexibility index (Phi) is 6.62. The van der Waals surface area contributed by atoms with E-state index >= 15 is 0 Å². The number of hydrogen-bond donors (Lipinski definition) is 2. The summed E-state index contributed by atoms with van der Waals surface area (Å²) in [5.74, 6) is -0.0721. The van der Waals surface area contributed by atoms with E-state index in [1.807, 2.05) is 12.1 Å². The van der Waals surface area contributed by atoms with Crippen LogP contribution in [0.1, 0.15) is 49.0 Å². The van der Waals surface area contributed by atoms with Crippen molar-refractivity contribution in [3.8, 4) is 0 Å². The number of morpholine rings is 1. The van der Waals surface area contributed by atoms with Gasteiger partial charge in [-0.15, -0.1) is 0 Å². The van der Waals surface area contributed by atoms with Crippen LogP contribution in [0.4, 0.5) is 17.1 Å². The molecule has 1 amide bonds. The molecule has 1 aliphatic carbocycles. The van der Waals surface area contributed by atoms with Gasteiger partial charge in [-0.3, -0.25) is 4.79 Å². The van der Waals surface area contributed by atoms with Crippen molar-refractivity contribution < 1.29 is 9.53 Å². The van der Waals surface area contributed by atoms with Gasteiger partial charge in [0.25, 0.3) is 5.91 Å². The molecule has 1 saturated carbocycles. The summed E-state index contributed by atoms with van der Waals surface area (Å²) in [5, 5.41) is 6.60. The summed E-state index contributed by atoms with van der Waals surface area (Å²) in [6.45, 7) is 3.27. The van der Waals surface area contributed by atoms with E-state index in [-0.39, 0.29) is 11.9 Å². The largest absolute Gasteiger partial charge is 0.378 e. The van der Waals surface area contributed by atoms with Crippen LogP contribution in [-0.2, 0) is 4.74 Å². The summed E-state index contributed by atoms with van der Waals surface area (Å²) in [6, 6.07) is 12.3. The van der Waals surface area contributed by atoms with Crippen molar-refractivity contribution >= 4 is 23.0 Å². The molecular formula is C23H30N4O2. The predicted octanol–water partition coefficient (Wildman–Crippen LogP) is 4.11. The van der Waals surface area contributed by atoms with E-state index in [0.717, 1.165) is 56.2 Å². The average Bonchev–Trinajstić information content (AvgIpc) is 3.04. The molecule has 0 bridgehead atoms. The van der Waals surface area contributed by atoms with Crippen molar-refractivity contribution in [2.75, 3.05) is 36.5 Å². The molecule has 0 radical (unpaired) electrons. The monoisotopic (exact) mass is 394 g/mol. The lowest BCUT2D eigenvalue weighted by Gasteiger charge is -2.30. The zero-order chi connectivity index (χ0) is 19.9. The third kappa shape index (κ3) is 5.26. The van der Waals surface area contributed by atoms with E-state index in [4.69, 9.17) is 4.74 Å². The normalized spacial score (nSPS) is 18.1. The highest BCUT2D eigenvalue weighted by Crippen LogP contribution is 2.29. The van der Waals surface area contributed by atoms with Gasteiger partial charge in [0, 0.05) is 19.1 Å². The molecule has 1 saturated heterocycles. The van der Waals surface area contributed by atoms with Crippen LogP contribution in [0.3, 0.4) is 0 Å². The van der Waals surface area contributed by atoms with Crippen molar-refractivity contribution in [3.63, 3.8) is 0 Å². The number of nitrogens with zero attached hydrogens (tertiary/aromatic N) is 2. The Bertz CT molecular complexity index is 795. The molecule has 2 fully saturated rings. The molecular weight excluding hydrogens is 364 g/mol. The molecule has 6 heteroatoms. The second-order valence-electron chi connectivity index (χ2n) is 7.84. The Hall–Kier alpha value is -2.60. The summed E-state index contributed by atoms with van der Waals surface area (Å²) in [6.07, 6.45) is 8.83. The fourth-order valence-corrected chi connectivity index (χ4v) is 4.10. The number of pyridine rings is 1. The Balaban J connectivity index is 1.40. The van der Waals surface area contributed by atoms with E-state index in [9.17, 15) is 4.79 Å². The van der Waals surface area contributed by atoms with Crippen LogP contribution in [-0.4, -0.2) is 43.2 Å². The lowest BCUT2D eigenvalue weighted by atomic mass is 10.1. The van der Waals surface area contributed by atoms with Crippen molar-refractivity contribution in [1.29, 1.82) is 0 Å². The fourth-order valence-electron chi connectivity index (χ4n) is 4.10. The Morgan fingerprint density at radius 3 is 2.48 bits per heavy atom. The Morgan fingerprint density at radius 2 is 1.76 bits per heavy atom. The number of ether oxygens (including phenoxy) is 1.